The lowest BCUT2D eigenvalue weighted by Gasteiger charge is -2.26. The van der Waals surface area contributed by atoms with E-state index in [2.05, 4.69) is 31.6 Å². The number of phenols is 1. The van der Waals surface area contributed by atoms with Crippen molar-refractivity contribution in [2.45, 2.75) is 90.0 Å². The van der Waals surface area contributed by atoms with E-state index in [9.17, 15) is 43.8 Å². The normalized spacial score (nSPS) is 13.9. The third-order valence-electron chi connectivity index (χ3n) is 8.78. The Labute approximate surface area is 318 Å². The van der Waals surface area contributed by atoms with Crippen molar-refractivity contribution in [3.63, 3.8) is 0 Å². The van der Waals surface area contributed by atoms with E-state index in [4.69, 9.17) is 11.5 Å². The molecule has 0 fully saturated rings. The van der Waals surface area contributed by atoms with Crippen LogP contribution in [0.1, 0.15) is 58.1 Å². The number of carbonyl (C=O) groups excluding carboxylic acids is 6. The number of phenolic OH excluding ortho intramolecular Hbond substituents is 1. The van der Waals surface area contributed by atoms with Crippen molar-refractivity contribution in [2.24, 2.45) is 23.3 Å². The first kappa shape index (κ1) is 43.4. The summed E-state index contributed by atoms with van der Waals surface area (Å²) in [5.41, 5.74) is 13.6. The molecule has 3 aromatic rings. The molecular formula is C38H52N8O9. The van der Waals surface area contributed by atoms with Crippen LogP contribution in [-0.4, -0.2) is 93.4 Å². The predicted molar refractivity (Wildman–Crippen MR) is 203 cm³/mol. The summed E-state index contributed by atoms with van der Waals surface area (Å²) in [5.74, 6) is -6.22. The van der Waals surface area contributed by atoms with Gasteiger partial charge in [0.15, 0.2) is 0 Å². The minimum atomic E-state index is -1.34. The van der Waals surface area contributed by atoms with Crippen molar-refractivity contribution in [1.29, 1.82) is 0 Å². The van der Waals surface area contributed by atoms with E-state index in [1.54, 1.807) is 32.2 Å². The number of aromatic nitrogens is 1. The van der Waals surface area contributed by atoms with Crippen molar-refractivity contribution in [3.8, 4) is 5.75 Å². The Balaban J connectivity index is 1.63. The highest BCUT2D eigenvalue weighted by atomic mass is 16.4. The first-order valence-electron chi connectivity index (χ1n) is 18.0. The quantitative estimate of drug-likeness (QED) is 0.0698. The number of benzene rings is 2. The highest BCUT2D eigenvalue weighted by Gasteiger charge is 2.32. The van der Waals surface area contributed by atoms with E-state index in [1.165, 1.54) is 12.1 Å². The molecule has 5 atom stereocenters. The summed E-state index contributed by atoms with van der Waals surface area (Å²) in [5, 5.41) is 32.8. The number of aromatic amines is 1. The zero-order valence-corrected chi connectivity index (χ0v) is 31.4. The van der Waals surface area contributed by atoms with Crippen molar-refractivity contribution in [2.75, 3.05) is 6.54 Å². The van der Waals surface area contributed by atoms with Crippen LogP contribution in [-0.2, 0) is 46.4 Å². The molecule has 6 amide bonds. The Bertz CT molecular complexity index is 1830. The summed E-state index contributed by atoms with van der Waals surface area (Å²) in [7, 11) is 0. The van der Waals surface area contributed by atoms with E-state index >= 15 is 0 Å². The fourth-order valence-corrected chi connectivity index (χ4v) is 5.82. The first-order chi connectivity index (χ1) is 25.9. The molecule has 1 heterocycles. The summed E-state index contributed by atoms with van der Waals surface area (Å²) < 4.78 is 0. The number of aliphatic carboxylic acids is 1. The van der Waals surface area contributed by atoms with Gasteiger partial charge in [0.1, 0.15) is 29.9 Å². The van der Waals surface area contributed by atoms with Crippen molar-refractivity contribution >= 4 is 52.3 Å². The van der Waals surface area contributed by atoms with Crippen LogP contribution in [0.5, 0.6) is 5.75 Å². The molecule has 0 spiro atoms. The van der Waals surface area contributed by atoms with E-state index < -0.39 is 84.1 Å². The van der Waals surface area contributed by atoms with Gasteiger partial charge in [0.2, 0.25) is 35.4 Å². The molecule has 0 saturated heterocycles. The van der Waals surface area contributed by atoms with Gasteiger partial charge in [0, 0.05) is 29.9 Å². The molecule has 298 valence electrons. The number of rotatable bonds is 21. The van der Waals surface area contributed by atoms with Crippen LogP contribution in [0, 0.1) is 11.8 Å². The Morgan fingerprint density at radius 3 is 2.04 bits per heavy atom. The third kappa shape index (κ3) is 13.7. The Morgan fingerprint density at radius 1 is 0.764 bits per heavy atom. The van der Waals surface area contributed by atoms with Crippen molar-refractivity contribution < 1.29 is 43.8 Å². The largest absolute Gasteiger partial charge is 0.508 e. The molecular weight excluding hydrogens is 712 g/mol. The molecule has 55 heavy (non-hydrogen) atoms. The number of hydrogen-bond acceptors (Lipinski definition) is 9. The summed E-state index contributed by atoms with van der Waals surface area (Å²) in [6.45, 7) is 6.35. The number of para-hydroxylation sites is 1. The molecule has 0 bridgehead atoms. The SMILES string of the molecule is CC(C)C[C@H](NC(=O)CNC(=O)[C@H](CCC(N)=O)NC(=O)[C@@H](NC(=O)[C@@H](N)Cc1ccc(O)cc1)C(C)C)C(=O)N[C@@H](Cc1c[nH]c2ccccc12)C(=O)O. The fourth-order valence-electron chi connectivity index (χ4n) is 5.82. The van der Waals surface area contributed by atoms with E-state index in [-0.39, 0.29) is 43.8 Å². The van der Waals surface area contributed by atoms with Gasteiger partial charge >= 0.3 is 5.97 Å². The number of carbonyl (C=O) groups is 7. The van der Waals surface area contributed by atoms with Crippen LogP contribution in [0.25, 0.3) is 10.9 Å². The maximum Gasteiger partial charge on any atom is 0.326 e. The first-order valence-corrected chi connectivity index (χ1v) is 18.0. The van der Waals surface area contributed by atoms with Crippen LogP contribution in [0.4, 0.5) is 0 Å². The van der Waals surface area contributed by atoms with Gasteiger partial charge in [-0.1, -0.05) is 58.0 Å². The Hall–Kier alpha value is -5.97. The molecule has 0 aliphatic rings. The predicted octanol–water partition coefficient (Wildman–Crippen LogP) is 0.0936. The number of carboxylic acid groups (broad SMARTS) is 1. The standard InChI is InChI=1S/C38H52N8O9/c1-20(2)15-29(36(52)45-30(38(54)55)17-23-18-41-27-8-6-5-7-25(23)27)43-32(49)19-42-35(51)28(13-14-31(40)48)44-37(53)33(21(3)4)46-34(50)26(39)16-22-9-11-24(47)12-10-22/h5-12,18,20-21,26,28-30,33,41,47H,13-17,19,39H2,1-4H3,(H2,40,48)(H,42,51)(H,43,49)(H,44,53)(H,45,52)(H,46,50)(H,54,55)/t26-,28-,29-,30-,33-/m0/s1. The van der Waals surface area contributed by atoms with Gasteiger partial charge in [-0.2, -0.15) is 0 Å². The van der Waals surface area contributed by atoms with Crippen LogP contribution >= 0.6 is 0 Å². The molecule has 17 nitrogen and oxygen atoms in total. The van der Waals surface area contributed by atoms with Gasteiger partial charge in [0.25, 0.3) is 0 Å². The number of aromatic hydroxyl groups is 1. The van der Waals surface area contributed by atoms with Gasteiger partial charge in [-0.3, -0.25) is 28.8 Å². The van der Waals surface area contributed by atoms with Gasteiger partial charge in [0.05, 0.1) is 12.6 Å². The molecule has 12 N–H and O–H groups in total. The van der Waals surface area contributed by atoms with Gasteiger partial charge < -0.3 is 53.2 Å². The maximum absolute atomic E-state index is 13.4. The molecule has 0 aliphatic carbocycles. The van der Waals surface area contributed by atoms with Crippen LogP contribution in [0.2, 0.25) is 0 Å². The highest BCUT2D eigenvalue weighted by molar-refractivity contribution is 5.96. The number of nitrogens with two attached hydrogens (primary N) is 2. The minimum Gasteiger partial charge on any atom is -0.508 e. The van der Waals surface area contributed by atoms with Crippen molar-refractivity contribution in [1.82, 2.24) is 31.6 Å². The summed E-state index contributed by atoms with van der Waals surface area (Å²) in [6.07, 6.45) is 1.42. The zero-order chi connectivity index (χ0) is 40.8. The van der Waals surface area contributed by atoms with Crippen LogP contribution in [0.3, 0.4) is 0 Å². The molecule has 0 radical (unpaired) electrons. The Kier molecular flexibility index (Phi) is 16.2. The van der Waals surface area contributed by atoms with Crippen LogP contribution < -0.4 is 38.1 Å². The van der Waals surface area contributed by atoms with E-state index in [0.717, 1.165) is 10.9 Å². The number of H-pyrrole nitrogens is 1. The fraction of sp³-hybridized carbons (Fsp3) is 0.447. The lowest BCUT2D eigenvalue weighted by molar-refractivity contribution is -0.142. The number of primary amides is 1. The molecule has 3 rings (SSSR count). The molecule has 0 saturated carbocycles. The highest BCUT2D eigenvalue weighted by Crippen LogP contribution is 2.19. The summed E-state index contributed by atoms with van der Waals surface area (Å²) >= 11 is 0. The molecule has 0 unspecified atom stereocenters. The second-order valence-corrected chi connectivity index (χ2v) is 14.2. The van der Waals surface area contributed by atoms with Gasteiger partial charge in [-0.15, -0.1) is 0 Å². The number of fused-ring (bicyclic) bond motifs is 1. The van der Waals surface area contributed by atoms with Gasteiger partial charge in [-0.25, -0.2) is 4.79 Å². The van der Waals surface area contributed by atoms with E-state index in [1.807, 2.05) is 38.1 Å². The second-order valence-electron chi connectivity index (χ2n) is 14.2. The molecule has 17 heteroatoms. The smallest absolute Gasteiger partial charge is 0.326 e. The maximum atomic E-state index is 13.4. The number of hydrogen-bond donors (Lipinski definition) is 10. The third-order valence-corrected chi connectivity index (χ3v) is 8.78. The summed E-state index contributed by atoms with van der Waals surface area (Å²) in [6, 6.07) is 7.50. The van der Waals surface area contributed by atoms with Gasteiger partial charge in [-0.05, 0) is 60.4 Å². The van der Waals surface area contributed by atoms with Crippen molar-refractivity contribution in [3.05, 3.63) is 65.9 Å². The van der Waals surface area contributed by atoms with E-state index in [0.29, 0.717) is 11.1 Å². The number of amides is 6. The minimum absolute atomic E-state index is 0.0180. The monoisotopic (exact) mass is 764 g/mol. The number of carboxylic acids is 1. The number of nitrogens with one attached hydrogen (secondary N) is 6. The zero-order valence-electron chi connectivity index (χ0n) is 31.4. The molecule has 2 aromatic carbocycles. The summed E-state index contributed by atoms with van der Waals surface area (Å²) in [4.78, 5) is 92.9. The Morgan fingerprint density at radius 2 is 1.42 bits per heavy atom. The molecule has 0 aliphatic heterocycles. The lowest BCUT2D eigenvalue weighted by atomic mass is 10.0. The average Bonchev–Trinajstić information content (AvgIpc) is 3.53. The van der Waals surface area contributed by atoms with Crippen LogP contribution in [0.15, 0.2) is 54.7 Å². The lowest BCUT2D eigenvalue weighted by Crippen LogP contribution is -2.58. The topological polar surface area (TPSA) is 288 Å². The average molecular weight is 765 g/mol. The second kappa shape index (κ2) is 20.5. The molecule has 1 aromatic heterocycles.